The number of amides is 1. The topological polar surface area (TPSA) is 90.3 Å². The van der Waals surface area contributed by atoms with Gasteiger partial charge in [0.1, 0.15) is 11.1 Å². The second-order valence-corrected chi connectivity index (χ2v) is 8.73. The van der Waals surface area contributed by atoms with Gasteiger partial charge in [-0.2, -0.15) is 5.26 Å². The van der Waals surface area contributed by atoms with E-state index in [1.807, 2.05) is 13.8 Å². The summed E-state index contributed by atoms with van der Waals surface area (Å²) in [6, 6.07) is 2.13. The van der Waals surface area contributed by atoms with Crippen LogP contribution in [0.25, 0.3) is 0 Å². The molecule has 0 spiro atoms. The Kier molecular flexibility index (Phi) is 4.90. The van der Waals surface area contributed by atoms with Crippen LogP contribution in [-0.2, 0) is 14.8 Å². The third-order valence-corrected chi connectivity index (χ3v) is 6.45. The number of hydrogen-bond donors (Lipinski definition) is 1. The largest absolute Gasteiger partial charge is 0.316 e. The smallest absolute Gasteiger partial charge is 0.228 e. The molecule has 1 aliphatic heterocycles. The van der Waals surface area contributed by atoms with Gasteiger partial charge >= 0.3 is 0 Å². The van der Waals surface area contributed by atoms with Crippen molar-refractivity contribution < 1.29 is 13.2 Å². The highest BCUT2D eigenvalue weighted by atomic mass is 32.2. The summed E-state index contributed by atoms with van der Waals surface area (Å²) in [5, 5.41) is 12.6. The van der Waals surface area contributed by atoms with E-state index in [0.29, 0.717) is 36.5 Å². The summed E-state index contributed by atoms with van der Waals surface area (Å²) in [5.74, 6) is -0.349. The summed E-state index contributed by atoms with van der Waals surface area (Å²) in [5.41, 5.74) is 1.42. The molecule has 1 aliphatic rings. The average molecular weight is 341 g/mol. The van der Waals surface area contributed by atoms with Gasteiger partial charge in [-0.25, -0.2) is 12.7 Å². The molecule has 0 aliphatic carbocycles. The van der Waals surface area contributed by atoms with Crippen LogP contribution >= 0.6 is 11.3 Å². The van der Waals surface area contributed by atoms with Gasteiger partial charge in [-0.3, -0.25) is 4.79 Å². The number of thiophene rings is 1. The second kappa shape index (κ2) is 6.36. The quantitative estimate of drug-likeness (QED) is 0.908. The van der Waals surface area contributed by atoms with Crippen LogP contribution in [0.3, 0.4) is 0 Å². The Hall–Kier alpha value is -1.43. The molecule has 2 heterocycles. The first-order valence-corrected chi connectivity index (χ1v) is 9.66. The maximum absolute atomic E-state index is 12.3. The summed E-state index contributed by atoms with van der Waals surface area (Å²) >= 11 is 1.40. The zero-order valence-electron chi connectivity index (χ0n) is 12.8. The van der Waals surface area contributed by atoms with Crippen LogP contribution in [0, 0.1) is 31.1 Å². The molecule has 1 saturated heterocycles. The Morgan fingerprint density at radius 3 is 2.45 bits per heavy atom. The van der Waals surface area contributed by atoms with Gasteiger partial charge in [0.25, 0.3) is 0 Å². The number of piperidine rings is 1. The minimum Gasteiger partial charge on any atom is -0.316 e. The van der Waals surface area contributed by atoms with Gasteiger partial charge in [0.15, 0.2) is 0 Å². The lowest BCUT2D eigenvalue weighted by Crippen LogP contribution is -2.40. The van der Waals surface area contributed by atoms with Gasteiger partial charge in [-0.15, -0.1) is 11.3 Å². The molecule has 120 valence electrons. The van der Waals surface area contributed by atoms with E-state index < -0.39 is 10.0 Å². The molecule has 0 aromatic carbocycles. The van der Waals surface area contributed by atoms with Crippen LogP contribution in [0.2, 0.25) is 0 Å². The molecule has 8 heteroatoms. The SMILES string of the molecule is Cc1sc(NC(=O)C2CCN(S(C)(=O)=O)CC2)c(C#N)c1C. The highest BCUT2D eigenvalue weighted by Gasteiger charge is 2.29. The van der Waals surface area contributed by atoms with Gasteiger partial charge in [0, 0.05) is 23.9 Å². The third kappa shape index (κ3) is 3.48. The molecule has 0 saturated carbocycles. The lowest BCUT2D eigenvalue weighted by Gasteiger charge is -2.29. The second-order valence-electron chi connectivity index (χ2n) is 5.52. The molecule has 0 bridgehead atoms. The number of carbonyl (C=O) groups is 1. The molecule has 22 heavy (non-hydrogen) atoms. The minimum absolute atomic E-state index is 0.133. The Morgan fingerprint density at radius 1 is 1.36 bits per heavy atom. The van der Waals surface area contributed by atoms with E-state index in [1.54, 1.807) is 0 Å². The van der Waals surface area contributed by atoms with Gasteiger partial charge in [-0.05, 0) is 32.3 Å². The van der Waals surface area contributed by atoms with Crippen LogP contribution in [0.4, 0.5) is 5.00 Å². The standard InChI is InChI=1S/C14H19N3O3S2/c1-9-10(2)21-14(12(9)8-15)16-13(18)11-4-6-17(7-5-11)22(3,19)20/h11H,4-7H2,1-3H3,(H,16,18). The van der Waals surface area contributed by atoms with Gasteiger partial charge < -0.3 is 5.32 Å². The zero-order valence-corrected chi connectivity index (χ0v) is 14.5. The molecule has 1 fully saturated rings. The Bertz CT molecular complexity index is 723. The molecular formula is C14H19N3O3S2. The third-order valence-electron chi connectivity index (χ3n) is 4.03. The van der Waals surface area contributed by atoms with Crippen molar-refractivity contribution in [2.45, 2.75) is 26.7 Å². The average Bonchev–Trinajstić information content (AvgIpc) is 2.72. The zero-order chi connectivity index (χ0) is 16.5. The lowest BCUT2D eigenvalue weighted by molar-refractivity contribution is -0.120. The monoisotopic (exact) mass is 341 g/mol. The highest BCUT2D eigenvalue weighted by molar-refractivity contribution is 7.88. The summed E-state index contributed by atoms with van der Waals surface area (Å²) in [7, 11) is -3.19. The van der Waals surface area contributed by atoms with Crippen molar-refractivity contribution in [1.29, 1.82) is 5.26 Å². The van der Waals surface area contributed by atoms with E-state index in [1.165, 1.54) is 21.9 Å². The molecule has 1 amide bonds. The molecule has 1 aromatic heterocycles. The molecule has 1 aromatic rings. The van der Waals surface area contributed by atoms with Crippen molar-refractivity contribution in [3.8, 4) is 6.07 Å². The van der Waals surface area contributed by atoms with Crippen LogP contribution in [0.5, 0.6) is 0 Å². The fourth-order valence-corrected chi connectivity index (χ4v) is 4.40. The lowest BCUT2D eigenvalue weighted by atomic mass is 9.97. The highest BCUT2D eigenvalue weighted by Crippen LogP contribution is 2.32. The number of rotatable bonds is 3. The Morgan fingerprint density at radius 2 is 1.95 bits per heavy atom. The Labute approximate surface area is 134 Å². The fourth-order valence-electron chi connectivity index (χ4n) is 2.51. The number of sulfonamides is 1. The molecule has 2 rings (SSSR count). The first-order valence-electron chi connectivity index (χ1n) is 7.00. The first-order chi connectivity index (χ1) is 10.2. The van der Waals surface area contributed by atoms with Crippen molar-refractivity contribution in [2.75, 3.05) is 24.7 Å². The summed E-state index contributed by atoms with van der Waals surface area (Å²) in [4.78, 5) is 13.3. The number of nitrogens with one attached hydrogen (secondary N) is 1. The van der Waals surface area contributed by atoms with E-state index in [-0.39, 0.29) is 11.8 Å². The van der Waals surface area contributed by atoms with Gasteiger partial charge in [-0.1, -0.05) is 0 Å². The predicted octanol–water partition coefficient (Wildman–Crippen LogP) is 1.85. The number of hydrogen-bond acceptors (Lipinski definition) is 5. The van der Waals surface area contributed by atoms with Crippen molar-refractivity contribution in [3.05, 3.63) is 16.0 Å². The Balaban J connectivity index is 2.03. The van der Waals surface area contributed by atoms with Gasteiger partial charge in [0.2, 0.25) is 15.9 Å². The maximum atomic E-state index is 12.3. The summed E-state index contributed by atoms with van der Waals surface area (Å²) in [6.07, 6.45) is 2.19. The minimum atomic E-state index is -3.19. The molecule has 0 radical (unpaired) electrons. The molecule has 0 unspecified atom stereocenters. The molecule has 1 N–H and O–H groups in total. The van der Waals surface area contributed by atoms with Crippen molar-refractivity contribution in [2.24, 2.45) is 5.92 Å². The number of nitriles is 1. The maximum Gasteiger partial charge on any atom is 0.228 e. The molecule has 6 nitrogen and oxygen atoms in total. The fraction of sp³-hybridized carbons (Fsp3) is 0.571. The first kappa shape index (κ1) is 16.9. The van der Waals surface area contributed by atoms with Crippen molar-refractivity contribution in [3.63, 3.8) is 0 Å². The number of nitrogens with zero attached hydrogens (tertiary/aromatic N) is 2. The van der Waals surface area contributed by atoms with Crippen LogP contribution in [0.1, 0.15) is 28.8 Å². The van der Waals surface area contributed by atoms with Crippen molar-refractivity contribution in [1.82, 2.24) is 4.31 Å². The molecular weight excluding hydrogens is 322 g/mol. The van der Waals surface area contributed by atoms with E-state index in [2.05, 4.69) is 11.4 Å². The number of aryl methyl sites for hydroxylation is 1. The number of carbonyl (C=O) groups excluding carboxylic acids is 1. The summed E-state index contributed by atoms with van der Waals surface area (Å²) in [6.45, 7) is 4.51. The van der Waals surface area contributed by atoms with Crippen LogP contribution in [0.15, 0.2) is 0 Å². The van der Waals surface area contributed by atoms with E-state index in [9.17, 15) is 18.5 Å². The van der Waals surface area contributed by atoms with Gasteiger partial charge in [0.05, 0.1) is 11.8 Å². The van der Waals surface area contributed by atoms with Crippen LogP contribution < -0.4 is 5.32 Å². The molecule has 0 atom stereocenters. The van der Waals surface area contributed by atoms with E-state index in [4.69, 9.17) is 0 Å². The summed E-state index contributed by atoms with van der Waals surface area (Å²) < 4.78 is 24.3. The van der Waals surface area contributed by atoms with E-state index in [0.717, 1.165) is 10.4 Å². The number of anilines is 1. The normalized spacial score (nSPS) is 17.2. The predicted molar refractivity (Wildman–Crippen MR) is 86.3 cm³/mol. The van der Waals surface area contributed by atoms with Crippen molar-refractivity contribution >= 4 is 32.3 Å². The van der Waals surface area contributed by atoms with E-state index >= 15 is 0 Å². The van der Waals surface area contributed by atoms with Crippen LogP contribution in [-0.4, -0.2) is 38.0 Å².